The minimum absolute atomic E-state index is 0.375. The zero-order chi connectivity index (χ0) is 14.8. The summed E-state index contributed by atoms with van der Waals surface area (Å²) in [4.78, 5) is 13.8. The van der Waals surface area contributed by atoms with E-state index in [1.807, 2.05) is 30.3 Å². The molecule has 4 nitrogen and oxygen atoms in total. The fourth-order valence-electron chi connectivity index (χ4n) is 2.96. The third-order valence-corrected chi connectivity index (χ3v) is 3.96. The van der Waals surface area contributed by atoms with Crippen molar-refractivity contribution >= 4 is 17.3 Å². The number of hydrogen-bond donors (Lipinski definition) is 2. The Morgan fingerprint density at radius 3 is 2.81 bits per heavy atom. The molecule has 3 rings (SSSR count). The molecule has 1 heterocycles. The monoisotopic (exact) mass is 281 g/mol. The molecule has 4 N–H and O–H groups in total. The molecular weight excluding hydrogens is 262 g/mol. The molecule has 0 aliphatic carbocycles. The van der Waals surface area contributed by atoms with Gasteiger partial charge in [0.1, 0.15) is 0 Å². The highest BCUT2D eigenvalue weighted by atomic mass is 16.1. The van der Waals surface area contributed by atoms with Crippen molar-refractivity contribution in [2.24, 2.45) is 5.73 Å². The number of amides is 1. The van der Waals surface area contributed by atoms with Crippen LogP contribution in [0.15, 0.2) is 42.5 Å². The molecule has 2 aromatic carbocycles. The minimum Gasteiger partial charge on any atom is -0.399 e. The molecule has 0 bridgehead atoms. The fraction of sp³-hybridized carbons (Fsp3) is 0.235. The summed E-state index contributed by atoms with van der Waals surface area (Å²) in [6.07, 6.45) is 2.14. The zero-order valence-electron chi connectivity index (χ0n) is 11.9. The van der Waals surface area contributed by atoms with Crippen LogP contribution in [0.3, 0.4) is 0 Å². The molecule has 0 fully saturated rings. The highest BCUT2D eigenvalue weighted by molar-refractivity contribution is 5.94. The quantitative estimate of drug-likeness (QED) is 0.848. The van der Waals surface area contributed by atoms with Gasteiger partial charge in [-0.05, 0) is 48.2 Å². The molecule has 0 atom stereocenters. The second-order valence-electron chi connectivity index (χ2n) is 5.43. The Morgan fingerprint density at radius 1 is 1.19 bits per heavy atom. The SMILES string of the molecule is NC(=O)c1ccccc1CN1CCCc2cc(N)ccc21. The van der Waals surface area contributed by atoms with E-state index >= 15 is 0 Å². The number of aryl methyl sites for hydroxylation is 1. The van der Waals surface area contributed by atoms with Crippen LogP contribution in [-0.4, -0.2) is 12.5 Å². The Morgan fingerprint density at radius 2 is 2.00 bits per heavy atom. The number of nitrogens with two attached hydrogens (primary N) is 2. The maximum absolute atomic E-state index is 11.5. The smallest absolute Gasteiger partial charge is 0.249 e. The first kappa shape index (κ1) is 13.5. The maximum Gasteiger partial charge on any atom is 0.249 e. The summed E-state index contributed by atoms with van der Waals surface area (Å²) >= 11 is 0. The molecular formula is C17H19N3O. The van der Waals surface area contributed by atoms with Crippen LogP contribution in [0, 0.1) is 0 Å². The van der Waals surface area contributed by atoms with Gasteiger partial charge in [0, 0.05) is 30.0 Å². The standard InChI is InChI=1S/C17H19N3O/c18-14-7-8-16-12(10-14)5-3-9-20(16)11-13-4-1-2-6-15(13)17(19)21/h1-2,4,6-8,10H,3,5,9,11,18H2,(H2,19,21). The van der Waals surface area contributed by atoms with E-state index in [-0.39, 0.29) is 5.91 Å². The summed E-state index contributed by atoms with van der Waals surface area (Å²) in [5, 5.41) is 0. The minimum atomic E-state index is -0.375. The van der Waals surface area contributed by atoms with Crippen LogP contribution in [-0.2, 0) is 13.0 Å². The summed E-state index contributed by atoms with van der Waals surface area (Å²) in [5.41, 5.74) is 16.2. The Balaban J connectivity index is 1.92. The predicted octanol–water partition coefficient (Wildman–Crippen LogP) is 2.32. The average molecular weight is 281 g/mol. The molecule has 0 saturated carbocycles. The Bertz CT molecular complexity index is 681. The number of benzene rings is 2. The number of carbonyl (C=O) groups excluding carboxylic acids is 1. The summed E-state index contributed by atoms with van der Waals surface area (Å²) in [6, 6.07) is 13.6. The van der Waals surface area contributed by atoms with Crippen LogP contribution in [0.25, 0.3) is 0 Å². The topological polar surface area (TPSA) is 72.4 Å². The van der Waals surface area contributed by atoms with Crippen molar-refractivity contribution in [3.63, 3.8) is 0 Å². The van der Waals surface area contributed by atoms with Crippen molar-refractivity contribution in [2.45, 2.75) is 19.4 Å². The van der Waals surface area contributed by atoms with Gasteiger partial charge in [0.15, 0.2) is 0 Å². The van der Waals surface area contributed by atoms with E-state index < -0.39 is 0 Å². The van der Waals surface area contributed by atoms with Crippen LogP contribution >= 0.6 is 0 Å². The molecule has 0 saturated heterocycles. The number of nitrogen functional groups attached to an aromatic ring is 1. The van der Waals surface area contributed by atoms with Gasteiger partial charge in [0.05, 0.1) is 0 Å². The molecule has 1 aliphatic heterocycles. The molecule has 1 aliphatic rings. The van der Waals surface area contributed by atoms with E-state index in [0.717, 1.165) is 30.6 Å². The normalized spacial score (nSPS) is 13.8. The second kappa shape index (κ2) is 5.48. The number of carbonyl (C=O) groups is 1. The van der Waals surface area contributed by atoms with Gasteiger partial charge in [-0.2, -0.15) is 0 Å². The van der Waals surface area contributed by atoms with Crippen molar-refractivity contribution in [1.82, 2.24) is 0 Å². The first-order valence-electron chi connectivity index (χ1n) is 7.16. The van der Waals surface area contributed by atoms with Gasteiger partial charge in [-0.15, -0.1) is 0 Å². The van der Waals surface area contributed by atoms with Gasteiger partial charge in [-0.1, -0.05) is 18.2 Å². The van der Waals surface area contributed by atoms with Crippen molar-refractivity contribution in [3.8, 4) is 0 Å². The van der Waals surface area contributed by atoms with Gasteiger partial charge < -0.3 is 16.4 Å². The highest BCUT2D eigenvalue weighted by Gasteiger charge is 2.18. The van der Waals surface area contributed by atoms with Gasteiger partial charge in [-0.25, -0.2) is 0 Å². The van der Waals surface area contributed by atoms with Gasteiger partial charge in [0.2, 0.25) is 5.91 Å². The molecule has 21 heavy (non-hydrogen) atoms. The van der Waals surface area contributed by atoms with Gasteiger partial charge >= 0.3 is 0 Å². The molecule has 1 amide bonds. The number of fused-ring (bicyclic) bond motifs is 1. The van der Waals surface area contributed by atoms with E-state index in [1.54, 1.807) is 6.07 Å². The van der Waals surface area contributed by atoms with E-state index in [1.165, 1.54) is 11.3 Å². The lowest BCUT2D eigenvalue weighted by Gasteiger charge is -2.32. The summed E-state index contributed by atoms with van der Waals surface area (Å²) < 4.78 is 0. The number of hydrogen-bond acceptors (Lipinski definition) is 3. The molecule has 4 heteroatoms. The number of anilines is 2. The molecule has 108 valence electrons. The summed E-state index contributed by atoms with van der Waals surface area (Å²) in [7, 11) is 0. The molecule has 0 unspecified atom stereocenters. The highest BCUT2D eigenvalue weighted by Crippen LogP contribution is 2.30. The molecule has 0 aromatic heterocycles. The Labute approximate surface area is 124 Å². The number of nitrogens with zero attached hydrogens (tertiary/aromatic N) is 1. The van der Waals surface area contributed by atoms with Crippen molar-refractivity contribution in [3.05, 3.63) is 59.2 Å². The largest absolute Gasteiger partial charge is 0.399 e. The third kappa shape index (κ3) is 2.70. The zero-order valence-corrected chi connectivity index (χ0v) is 11.9. The van der Waals surface area contributed by atoms with Crippen LogP contribution < -0.4 is 16.4 Å². The second-order valence-corrected chi connectivity index (χ2v) is 5.43. The summed E-state index contributed by atoms with van der Waals surface area (Å²) in [6.45, 7) is 1.67. The number of rotatable bonds is 3. The average Bonchev–Trinajstić information content (AvgIpc) is 2.47. The first-order valence-corrected chi connectivity index (χ1v) is 7.16. The van der Waals surface area contributed by atoms with Crippen molar-refractivity contribution in [2.75, 3.05) is 17.2 Å². The van der Waals surface area contributed by atoms with Crippen molar-refractivity contribution < 1.29 is 4.79 Å². The van der Waals surface area contributed by atoms with Crippen LogP contribution in [0.5, 0.6) is 0 Å². The molecule has 0 spiro atoms. The van der Waals surface area contributed by atoms with Gasteiger partial charge in [-0.3, -0.25) is 4.79 Å². The lowest BCUT2D eigenvalue weighted by atomic mass is 9.99. The van der Waals surface area contributed by atoms with Crippen LogP contribution in [0.4, 0.5) is 11.4 Å². The first-order chi connectivity index (χ1) is 10.1. The van der Waals surface area contributed by atoms with E-state index in [9.17, 15) is 4.79 Å². The predicted molar refractivity (Wildman–Crippen MR) is 85.2 cm³/mol. The van der Waals surface area contributed by atoms with E-state index in [4.69, 9.17) is 11.5 Å². The number of primary amides is 1. The fourth-order valence-corrected chi connectivity index (χ4v) is 2.96. The van der Waals surface area contributed by atoms with Gasteiger partial charge in [0.25, 0.3) is 0 Å². The third-order valence-electron chi connectivity index (χ3n) is 3.96. The molecule has 0 radical (unpaired) electrons. The van der Waals surface area contributed by atoms with Crippen LogP contribution in [0.1, 0.15) is 27.9 Å². The Hall–Kier alpha value is -2.49. The summed E-state index contributed by atoms with van der Waals surface area (Å²) in [5.74, 6) is -0.375. The van der Waals surface area contributed by atoms with Crippen molar-refractivity contribution in [1.29, 1.82) is 0 Å². The van der Waals surface area contributed by atoms with E-state index in [0.29, 0.717) is 12.1 Å². The lowest BCUT2D eigenvalue weighted by Crippen LogP contribution is -2.30. The maximum atomic E-state index is 11.5. The Kier molecular flexibility index (Phi) is 3.52. The lowest BCUT2D eigenvalue weighted by molar-refractivity contribution is 0.0999. The molecule has 2 aromatic rings. The van der Waals surface area contributed by atoms with E-state index in [2.05, 4.69) is 11.0 Å². The van der Waals surface area contributed by atoms with Crippen LogP contribution in [0.2, 0.25) is 0 Å².